The summed E-state index contributed by atoms with van der Waals surface area (Å²) in [6.45, 7) is 4.14. The second-order valence-electron chi connectivity index (χ2n) is 5.85. The molecule has 0 aliphatic carbocycles. The first-order valence-electron chi connectivity index (χ1n) is 7.37. The van der Waals surface area contributed by atoms with Gasteiger partial charge in [-0.2, -0.15) is 13.2 Å². The third-order valence-corrected chi connectivity index (χ3v) is 3.60. The van der Waals surface area contributed by atoms with Crippen LogP contribution in [0.1, 0.15) is 26.3 Å². The van der Waals surface area contributed by atoms with Gasteiger partial charge in [0, 0.05) is 12.6 Å². The van der Waals surface area contributed by atoms with Crippen LogP contribution in [0.25, 0.3) is 0 Å². The summed E-state index contributed by atoms with van der Waals surface area (Å²) in [4.78, 5) is 36.4. The molecule has 138 valence electrons. The van der Waals surface area contributed by atoms with Crippen molar-refractivity contribution in [3.8, 4) is 0 Å². The maximum atomic E-state index is 12.9. The Kier molecular flexibility index (Phi) is 6.31. The molecule has 0 aliphatic rings. The Labute approximate surface area is 142 Å². The van der Waals surface area contributed by atoms with Crippen LogP contribution in [0.4, 0.5) is 18.9 Å². The highest BCUT2D eigenvalue weighted by Gasteiger charge is 2.40. The Bertz CT molecular complexity index is 674. The molecular formula is C16H19F3N2O4. The lowest BCUT2D eigenvalue weighted by atomic mass is 9.94. The lowest BCUT2D eigenvalue weighted by Crippen LogP contribution is -2.55. The molecule has 3 N–H and O–H groups in total. The highest BCUT2D eigenvalue weighted by atomic mass is 19.4. The van der Waals surface area contributed by atoms with Gasteiger partial charge in [0.2, 0.25) is 5.91 Å². The summed E-state index contributed by atoms with van der Waals surface area (Å²) in [5, 5.41) is 9.39. The molecule has 1 rings (SSSR count). The van der Waals surface area contributed by atoms with Crippen LogP contribution in [-0.4, -0.2) is 34.8 Å². The van der Waals surface area contributed by atoms with Gasteiger partial charge in [0.25, 0.3) is 0 Å². The first-order chi connectivity index (χ1) is 11.4. The quantitative estimate of drug-likeness (QED) is 0.757. The molecule has 0 aliphatic heterocycles. The fourth-order valence-corrected chi connectivity index (χ4v) is 2.21. The van der Waals surface area contributed by atoms with Gasteiger partial charge in [-0.3, -0.25) is 14.5 Å². The largest absolute Gasteiger partial charge is 0.479 e. The van der Waals surface area contributed by atoms with E-state index in [1.165, 1.54) is 0 Å². The number of carbonyl (C=O) groups excluding carboxylic acids is 2. The van der Waals surface area contributed by atoms with Crippen LogP contribution in [0.15, 0.2) is 24.3 Å². The average Bonchev–Trinajstić information content (AvgIpc) is 2.49. The number of alkyl halides is 3. The van der Waals surface area contributed by atoms with E-state index in [4.69, 9.17) is 5.73 Å². The van der Waals surface area contributed by atoms with Crippen molar-refractivity contribution >= 4 is 23.3 Å². The first-order valence-corrected chi connectivity index (χ1v) is 7.37. The fraction of sp³-hybridized carbons (Fsp3) is 0.438. The maximum Gasteiger partial charge on any atom is 0.416 e. The molecule has 9 heteroatoms. The van der Waals surface area contributed by atoms with Gasteiger partial charge in [0.15, 0.2) is 11.8 Å². The van der Waals surface area contributed by atoms with E-state index in [0.29, 0.717) is 11.0 Å². The molecule has 0 fully saturated rings. The summed E-state index contributed by atoms with van der Waals surface area (Å²) >= 11 is 0. The number of halogens is 3. The number of ketones is 1. The SMILES string of the molecule is CC(=O)N(c1cccc(C(F)(F)F)c1)C(C(=O)O)C(=O)C(N)C(C)C. The van der Waals surface area contributed by atoms with Gasteiger partial charge in [0.05, 0.1) is 11.6 Å². The summed E-state index contributed by atoms with van der Waals surface area (Å²) in [5.41, 5.74) is 4.27. The van der Waals surface area contributed by atoms with Crippen molar-refractivity contribution in [1.82, 2.24) is 0 Å². The van der Waals surface area contributed by atoms with Crippen LogP contribution in [-0.2, 0) is 20.6 Å². The average molecular weight is 360 g/mol. The van der Waals surface area contributed by atoms with E-state index in [0.717, 1.165) is 25.1 Å². The Morgan fingerprint density at radius 3 is 2.16 bits per heavy atom. The number of benzene rings is 1. The Morgan fingerprint density at radius 1 is 1.20 bits per heavy atom. The van der Waals surface area contributed by atoms with Crippen molar-refractivity contribution in [3.05, 3.63) is 29.8 Å². The molecule has 0 heterocycles. The second kappa shape index (κ2) is 7.64. The predicted molar refractivity (Wildman–Crippen MR) is 83.8 cm³/mol. The number of aliphatic carboxylic acids is 1. The first kappa shape index (κ1) is 20.6. The van der Waals surface area contributed by atoms with Crippen molar-refractivity contribution in [2.45, 2.75) is 39.0 Å². The predicted octanol–water partition coefficient (Wildman–Crippen LogP) is 2.06. The van der Waals surface area contributed by atoms with Crippen LogP contribution < -0.4 is 10.6 Å². The smallest absolute Gasteiger partial charge is 0.416 e. The number of carboxylic acid groups (broad SMARTS) is 1. The van der Waals surface area contributed by atoms with Crippen molar-refractivity contribution < 1.29 is 32.7 Å². The molecule has 0 saturated carbocycles. The number of carbonyl (C=O) groups is 3. The minimum Gasteiger partial charge on any atom is -0.479 e. The molecule has 0 spiro atoms. The number of carboxylic acids is 1. The lowest BCUT2D eigenvalue weighted by Gasteiger charge is -2.30. The minimum absolute atomic E-state index is 0.348. The van der Waals surface area contributed by atoms with Crippen molar-refractivity contribution in [2.75, 3.05) is 4.90 Å². The van der Waals surface area contributed by atoms with E-state index in [1.807, 2.05) is 0 Å². The van der Waals surface area contributed by atoms with Crippen LogP contribution >= 0.6 is 0 Å². The molecule has 0 radical (unpaired) electrons. The number of nitrogens with zero attached hydrogens (tertiary/aromatic N) is 1. The molecule has 25 heavy (non-hydrogen) atoms. The molecule has 6 nitrogen and oxygen atoms in total. The highest BCUT2D eigenvalue weighted by Crippen LogP contribution is 2.32. The monoisotopic (exact) mass is 360 g/mol. The standard InChI is InChI=1S/C16H19F3N2O4/c1-8(2)12(20)14(23)13(15(24)25)21(9(3)22)11-6-4-5-10(7-11)16(17,18)19/h4-8,12-13H,20H2,1-3H3,(H,24,25). The Hall–Kier alpha value is -2.42. The van der Waals surface area contributed by atoms with E-state index in [1.54, 1.807) is 13.8 Å². The summed E-state index contributed by atoms with van der Waals surface area (Å²) in [6.07, 6.45) is -4.68. The zero-order valence-corrected chi connectivity index (χ0v) is 13.9. The van der Waals surface area contributed by atoms with Crippen LogP contribution in [0.3, 0.4) is 0 Å². The third-order valence-electron chi connectivity index (χ3n) is 3.60. The number of Topliss-reactive ketones (excluding diaryl/α,β-unsaturated/α-hetero) is 1. The van der Waals surface area contributed by atoms with E-state index < -0.39 is 47.4 Å². The van der Waals surface area contributed by atoms with Crippen LogP contribution in [0.5, 0.6) is 0 Å². The van der Waals surface area contributed by atoms with E-state index in [-0.39, 0.29) is 5.69 Å². The maximum absolute atomic E-state index is 12.9. The molecular weight excluding hydrogens is 341 g/mol. The van der Waals surface area contributed by atoms with Gasteiger partial charge in [-0.25, -0.2) is 4.79 Å². The van der Waals surface area contributed by atoms with Gasteiger partial charge < -0.3 is 10.8 Å². The number of hydrogen-bond acceptors (Lipinski definition) is 4. The van der Waals surface area contributed by atoms with Crippen molar-refractivity contribution in [1.29, 1.82) is 0 Å². The molecule has 1 aromatic rings. The summed E-state index contributed by atoms with van der Waals surface area (Å²) in [5.74, 6) is -3.94. The van der Waals surface area contributed by atoms with Gasteiger partial charge in [-0.15, -0.1) is 0 Å². The number of nitrogens with two attached hydrogens (primary N) is 1. The number of rotatable bonds is 6. The zero-order chi connectivity index (χ0) is 19.5. The summed E-state index contributed by atoms with van der Waals surface area (Å²) in [7, 11) is 0. The number of amides is 1. The topological polar surface area (TPSA) is 101 Å². The zero-order valence-electron chi connectivity index (χ0n) is 13.9. The fourth-order valence-electron chi connectivity index (χ4n) is 2.21. The van der Waals surface area contributed by atoms with E-state index in [2.05, 4.69) is 0 Å². The molecule has 0 aromatic heterocycles. The summed E-state index contributed by atoms with van der Waals surface area (Å²) < 4.78 is 38.6. The molecule has 1 amide bonds. The molecule has 2 atom stereocenters. The number of hydrogen-bond donors (Lipinski definition) is 2. The van der Waals surface area contributed by atoms with Gasteiger partial charge in [-0.1, -0.05) is 19.9 Å². The van der Waals surface area contributed by atoms with E-state index >= 15 is 0 Å². The van der Waals surface area contributed by atoms with Crippen LogP contribution in [0.2, 0.25) is 0 Å². The molecule has 0 bridgehead atoms. The third kappa shape index (κ3) is 4.79. The van der Waals surface area contributed by atoms with Gasteiger partial charge in [0.1, 0.15) is 0 Å². The summed E-state index contributed by atoms with van der Waals surface area (Å²) in [6, 6.07) is 0.345. The lowest BCUT2D eigenvalue weighted by molar-refractivity contribution is -0.144. The number of anilines is 1. The second-order valence-corrected chi connectivity index (χ2v) is 5.85. The Morgan fingerprint density at radius 2 is 1.76 bits per heavy atom. The molecule has 2 unspecified atom stereocenters. The van der Waals surface area contributed by atoms with Gasteiger partial charge in [-0.05, 0) is 24.1 Å². The molecule has 0 saturated heterocycles. The van der Waals surface area contributed by atoms with Crippen molar-refractivity contribution in [2.24, 2.45) is 11.7 Å². The van der Waals surface area contributed by atoms with Crippen LogP contribution in [0, 0.1) is 5.92 Å². The van der Waals surface area contributed by atoms with Gasteiger partial charge >= 0.3 is 12.1 Å². The minimum atomic E-state index is -4.68. The van der Waals surface area contributed by atoms with E-state index in [9.17, 15) is 32.7 Å². The van der Waals surface area contributed by atoms with Crippen molar-refractivity contribution in [3.63, 3.8) is 0 Å². The normalized spacial score (nSPS) is 14.1. The highest BCUT2D eigenvalue weighted by molar-refractivity contribution is 6.13. The molecule has 1 aromatic carbocycles. The Balaban J connectivity index is 3.44.